The molecule has 132 valence electrons. The third-order valence-electron chi connectivity index (χ3n) is 4.83. The molecule has 2 fully saturated rings. The summed E-state index contributed by atoms with van der Waals surface area (Å²) in [6.45, 7) is 3.69. The highest BCUT2D eigenvalue weighted by molar-refractivity contribution is 5.91. The number of carbonyl (C=O) groups is 1. The Bertz CT molecular complexity index is 750. The standard InChI is InChI=1S/C17H21N5O3/c1-12-9-14(25-21-12)15(23)22-7-4-17(11-22)10-13(3-8-24-17)20-16-18-5-2-6-19-16/h2,5-6,9,13H,3-4,7-8,10-11H2,1H3,(H,18,19,20)/t13-,17-/m1/s1. The summed E-state index contributed by atoms with van der Waals surface area (Å²) in [5.74, 6) is 0.799. The van der Waals surface area contributed by atoms with Gasteiger partial charge in [0.2, 0.25) is 11.7 Å². The predicted octanol–water partition coefficient (Wildman–Crippen LogP) is 1.65. The summed E-state index contributed by atoms with van der Waals surface area (Å²) >= 11 is 0. The number of amides is 1. The molecule has 4 heterocycles. The molecular formula is C17H21N5O3. The third-order valence-corrected chi connectivity index (χ3v) is 4.83. The maximum atomic E-state index is 12.6. The second kappa shape index (κ2) is 6.44. The van der Waals surface area contributed by atoms with Crippen molar-refractivity contribution in [1.29, 1.82) is 0 Å². The van der Waals surface area contributed by atoms with Crippen molar-refractivity contribution in [3.05, 3.63) is 36.0 Å². The normalized spacial score (nSPS) is 26.1. The van der Waals surface area contributed by atoms with Crippen LogP contribution in [0, 0.1) is 6.92 Å². The Labute approximate surface area is 145 Å². The van der Waals surface area contributed by atoms with Gasteiger partial charge in [-0.05, 0) is 32.3 Å². The summed E-state index contributed by atoms with van der Waals surface area (Å²) in [6.07, 6.45) is 5.99. The van der Waals surface area contributed by atoms with E-state index in [2.05, 4.69) is 20.4 Å². The fraction of sp³-hybridized carbons (Fsp3) is 0.529. The maximum absolute atomic E-state index is 12.6. The van der Waals surface area contributed by atoms with Crippen LogP contribution < -0.4 is 5.32 Å². The lowest BCUT2D eigenvalue weighted by Crippen LogP contribution is -2.47. The van der Waals surface area contributed by atoms with Crippen LogP contribution in [0.15, 0.2) is 29.0 Å². The SMILES string of the molecule is Cc1cc(C(=O)N2CC[C@@]3(C[C@H](Nc4ncccn4)CCO3)C2)on1. The molecule has 0 saturated carbocycles. The molecule has 1 N–H and O–H groups in total. The van der Waals surface area contributed by atoms with Crippen LogP contribution >= 0.6 is 0 Å². The minimum absolute atomic E-state index is 0.123. The molecule has 2 aliphatic rings. The van der Waals surface area contributed by atoms with E-state index in [9.17, 15) is 4.79 Å². The first-order valence-corrected chi connectivity index (χ1v) is 8.54. The lowest BCUT2D eigenvalue weighted by molar-refractivity contribution is -0.0722. The van der Waals surface area contributed by atoms with E-state index in [4.69, 9.17) is 9.26 Å². The molecule has 8 nitrogen and oxygen atoms in total. The van der Waals surface area contributed by atoms with Crippen LogP contribution in [0.4, 0.5) is 5.95 Å². The first kappa shape index (κ1) is 16.0. The molecule has 25 heavy (non-hydrogen) atoms. The summed E-state index contributed by atoms with van der Waals surface area (Å²) in [5, 5.41) is 7.17. The van der Waals surface area contributed by atoms with Crippen LogP contribution in [0.3, 0.4) is 0 Å². The van der Waals surface area contributed by atoms with Gasteiger partial charge in [0.05, 0.1) is 17.8 Å². The van der Waals surface area contributed by atoms with Crippen molar-refractivity contribution >= 4 is 11.9 Å². The summed E-state index contributed by atoms with van der Waals surface area (Å²) in [5.41, 5.74) is 0.397. The van der Waals surface area contributed by atoms with Gasteiger partial charge >= 0.3 is 0 Å². The van der Waals surface area contributed by atoms with Gasteiger partial charge in [0, 0.05) is 37.7 Å². The topological polar surface area (TPSA) is 93.4 Å². The van der Waals surface area contributed by atoms with Crippen molar-refractivity contribution in [3.8, 4) is 0 Å². The molecule has 4 rings (SSSR count). The molecule has 0 aliphatic carbocycles. The van der Waals surface area contributed by atoms with Crippen molar-refractivity contribution in [2.75, 3.05) is 25.0 Å². The van der Waals surface area contributed by atoms with Crippen LogP contribution in [0.2, 0.25) is 0 Å². The zero-order valence-electron chi connectivity index (χ0n) is 14.1. The van der Waals surface area contributed by atoms with Crippen molar-refractivity contribution in [2.24, 2.45) is 0 Å². The molecule has 2 atom stereocenters. The van der Waals surface area contributed by atoms with Crippen molar-refractivity contribution in [1.82, 2.24) is 20.0 Å². The van der Waals surface area contributed by atoms with Crippen LogP contribution in [-0.2, 0) is 4.74 Å². The highest BCUT2D eigenvalue weighted by Crippen LogP contribution is 2.35. The number of carbonyl (C=O) groups excluding carboxylic acids is 1. The Morgan fingerprint density at radius 1 is 1.40 bits per heavy atom. The monoisotopic (exact) mass is 343 g/mol. The zero-order valence-corrected chi connectivity index (χ0v) is 14.1. The Morgan fingerprint density at radius 3 is 3.00 bits per heavy atom. The quantitative estimate of drug-likeness (QED) is 0.905. The molecule has 0 aromatic carbocycles. The maximum Gasteiger partial charge on any atom is 0.292 e. The fourth-order valence-corrected chi connectivity index (χ4v) is 3.63. The second-order valence-electron chi connectivity index (χ2n) is 6.75. The van der Waals surface area contributed by atoms with E-state index < -0.39 is 0 Å². The minimum atomic E-state index is -0.310. The molecule has 2 aliphatic heterocycles. The molecule has 1 spiro atoms. The molecule has 2 saturated heterocycles. The van der Waals surface area contributed by atoms with Gasteiger partial charge in [-0.25, -0.2) is 9.97 Å². The summed E-state index contributed by atoms with van der Waals surface area (Å²) in [4.78, 5) is 22.8. The number of hydrogen-bond acceptors (Lipinski definition) is 7. The Hall–Kier alpha value is -2.48. The largest absolute Gasteiger partial charge is 0.373 e. The molecule has 0 bridgehead atoms. The van der Waals surface area contributed by atoms with Gasteiger partial charge in [0.15, 0.2) is 0 Å². The van der Waals surface area contributed by atoms with Gasteiger partial charge < -0.3 is 19.5 Å². The number of ether oxygens (including phenoxy) is 1. The average Bonchev–Trinajstić information content (AvgIpc) is 3.22. The van der Waals surface area contributed by atoms with Gasteiger partial charge in [0.25, 0.3) is 5.91 Å². The van der Waals surface area contributed by atoms with E-state index in [1.165, 1.54) is 0 Å². The van der Waals surface area contributed by atoms with Crippen LogP contribution in [-0.4, -0.2) is 57.3 Å². The zero-order chi connectivity index (χ0) is 17.3. The number of likely N-dealkylation sites (tertiary alicyclic amines) is 1. The van der Waals surface area contributed by atoms with Crippen molar-refractivity contribution in [2.45, 2.75) is 37.8 Å². The van der Waals surface area contributed by atoms with Gasteiger partial charge in [0.1, 0.15) is 0 Å². The van der Waals surface area contributed by atoms with Crippen molar-refractivity contribution in [3.63, 3.8) is 0 Å². The van der Waals surface area contributed by atoms with Gasteiger partial charge in [-0.1, -0.05) is 5.16 Å². The second-order valence-corrected chi connectivity index (χ2v) is 6.75. The minimum Gasteiger partial charge on any atom is -0.373 e. The van der Waals surface area contributed by atoms with Crippen molar-refractivity contribution < 1.29 is 14.1 Å². The Kier molecular flexibility index (Phi) is 4.12. The summed E-state index contributed by atoms with van der Waals surface area (Å²) in [6, 6.07) is 3.70. The number of nitrogens with one attached hydrogen (secondary N) is 1. The fourth-order valence-electron chi connectivity index (χ4n) is 3.63. The number of nitrogens with zero attached hydrogens (tertiary/aromatic N) is 4. The molecule has 2 aromatic heterocycles. The van der Waals surface area contributed by atoms with Crippen LogP contribution in [0.1, 0.15) is 35.5 Å². The molecule has 0 radical (unpaired) electrons. The van der Waals surface area contributed by atoms with E-state index in [0.29, 0.717) is 31.3 Å². The Balaban J connectivity index is 1.41. The lowest BCUT2D eigenvalue weighted by atomic mass is 9.89. The average molecular weight is 343 g/mol. The summed E-state index contributed by atoms with van der Waals surface area (Å²) in [7, 11) is 0. The summed E-state index contributed by atoms with van der Waals surface area (Å²) < 4.78 is 11.2. The van der Waals surface area contributed by atoms with E-state index in [-0.39, 0.29) is 23.3 Å². The smallest absolute Gasteiger partial charge is 0.292 e. The highest BCUT2D eigenvalue weighted by Gasteiger charge is 2.45. The van der Waals surface area contributed by atoms with E-state index in [0.717, 1.165) is 19.3 Å². The molecular weight excluding hydrogens is 322 g/mol. The molecule has 2 aromatic rings. The lowest BCUT2D eigenvalue weighted by Gasteiger charge is -2.38. The first-order valence-electron chi connectivity index (χ1n) is 8.54. The third kappa shape index (κ3) is 3.34. The van der Waals surface area contributed by atoms with E-state index >= 15 is 0 Å². The highest BCUT2D eigenvalue weighted by atomic mass is 16.5. The van der Waals surface area contributed by atoms with Crippen LogP contribution in [0.5, 0.6) is 0 Å². The number of aromatic nitrogens is 3. The van der Waals surface area contributed by atoms with E-state index in [1.807, 2.05) is 0 Å². The first-order chi connectivity index (χ1) is 12.1. The number of hydrogen-bond donors (Lipinski definition) is 1. The molecule has 0 unspecified atom stereocenters. The van der Waals surface area contributed by atoms with Gasteiger partial charge in [-0.3, -0.25) is 4.79 Å². The number of rotatable bonds is 3. The van der Waals surface area contributed by atoms with Gasteiger partial charge in [-0.2, -0.15) is 0 Å². The number of anilines is 1. The molecule has 8 heteroatoms. The van der Waals surface area contributed by atoms with E-state index in [1.54, 1.807) is 36.4 Å². The predicted molar refractivity (Wildman–Crippen MR) is 89.1 cm³/mol. The Morgan fingerprint density at radius 2 is 2.24 bits per heavy atom. The molecule has 1 amide bonds. The van der Waals surface area contributed by atoms with Gasteiger partial charge in [-0.15, -0.1) is 0 Å². The number of aryl methyl sites for hydroxylation is 1. The van der Waals surface area contributed by atoms with Crippen LogP contribution in [0.25, 0.3) is 0 Å².